The minimum Gasteiger partial charge on any atom is -0.310 e. The summed E-state index contributed by atoms with van der Waals surface area (Å²) >= 11 is 0. The third-order valence-electron chi connectivity index (χ3n) is 16.6. The van der Waals surface area contributed by atoms with Crippen LogP contribution in [-0.4, -0.2) is 8.07 Å². The maximum Gasteiger partial charge on any atom is 0.180 e. The number of hydrogen-bond donors (Lipinski definition) is 0. The van der Waals surface area contributed by atoms with Crippen molar-refractivity contribution in [3.8, 4) is 33.4 Å². The lowest BCUT2D eigenvalue weighted by atomic mass is 9.76. The molecule has 1 nitrogen and oxygen atoms in total. The van der Waals surface area contributed by atoms with Crippen LogP contribution in [-0.2, 0) is 5.41 Å². The van der Waals surface area contributed by atoms with Gasteiger partial charge in [0.2, 0.25) is 0 Å². The Hall–Kier alpha value is -7.26. The van der Waals surface area contributed by atoms with Gasteiger partial charge in [-0.05, 0) is 143 Å². The smallest absolute Gasteiger partial charge is 0.180 e. The zero-order valence-electron chi connectivity index (χ0n) is 39.7. The first kappa shape index (κ1) is 41.9. The normalized spacial score (nSPS) is 17.4. The van der Waals surface area contributed by atoms with Gasteiger partial charge in [-0.2, -0.15) is 0 Å². The second kappa shape index (κ2) is 16.8. The first-order valence-electron chi connectivity index (χ1n) is 25.4. The van der Waals surface area contributed by atoms with Crippen molar-refractivity contribution >= 4 is 62.2 Å². The third-order valence-corrected chi connectivity index (χ3v) is 21.4. The first-order chi connectivity index (χ1) is 34.0. The Morgan fingerprint density at radius 1 is 0.493 bits per heavy atom. The lowest BCUT2D eigenvalue weighted by molar-refractivity contribution is 0.286. The van der Waals surface area contributed by atoms with E-state index in [2.05, 4.69) is 243 Å². The van der Waals surface area contributed by atoms with E-state index >= 15 is 0 Å². The molecule has 3 aliphatic carbocycles. The lowest BCUT2D eigenvalue weighted by Crippen LogP contribution is -2.72. The number of anilines is 3. The quantitative estimate of drug-likeness (QED) is 0.137. The van der Waals surface area contributed by atoms with Crippen LogP contribution in [0, 0.1) is 11.8 Å². The van der Waals surface area contributed by atoms with E-state index in [-0.39, 0.29) is 5.41 Å². The van der Waals surface area contributed by atoms with Crippen molar-refractivity contribution in [1.82, 2.24) is 0 Å². The fourth-order valence-corrected chi connectivity index (χ4v) is 18.4. The van der Waals surface area contributed by atoms with E-state index in [0.717, 1.165) is 23.7 Å². The molecule has 9 aromatic carbocycles. The van der Waals surface area contributed by atoms with E-state index in [9.17, 15) is 0 Å². The molecule has 0 amide bonds. The molecule has 334 valence electrons. The van der Waals surface area contributed by atoms with Crippen LogP contribution in [0.15, 0.2) is 224 Å². The molecule has 0 spiro atoms. The highest BCUT2D eigenvalue weighted by molar-refractivity contribution is 7.22. The van der Waals surface area contributed by atoms with E-state index in [1.54, 1.807) is 0 Å². The molecule has 4 aliphatic rings. The predicted octanol–water partition coefficient (Wildman–Crippen LogP) is 15.2. The molecule has 0 bridgehead atoms. The highest BCUT2D eigenvalue weighted by Crippen LogP contribution is 2.52. The predicted molar refractivity (Wildman–Crippen MR) is 296 cm³/mol. The summed E-state index contributed by atoms with van der Waals surface area (Å²) in [6, 6.07) is 78.9. The monoisotopic (exact) mass is 903 g/mol. The Balaban J connectivity index is 1.01. The summed E-state index contributed by atoms with van der Waals surface area (Å²) in [5.74, 6) is 1.51. The molecule has 1 heterocycles. The highest BCUT2D eigenvalue weighted by atomic mass is 28.3. The van der Waals surface area contributed by atoms with E-state index in [1.807, 2.05) is 0 Å². The van der Waals surface area contributed by atoms with Gasteiger partial charge in [0.05, 0.1) is 5.69 Å². The Morgan fingerprint density at radius 3 is 1.87 bits per heavy atom. The number of hydrogen-bond acceptors (Lipinski definition) is 1. The van der Waals surface area contributed by atoms with Crippen molar-refractivity contribution in [3.05, 3.63) is 241 Å². The Bertz CT molecular complexity index is 3440. The summed E-state index contributed by atoms with van der Waals surface area (Å²) in [5.41, 5.74) is 16.6. The number of allylic oxidation sites excluding steroid dienone is 4. The Kier molecular flexibility index (Phi) is 10.2. The molecule has 0 N–H and O–H groups in total. The maximum atomic E-state index is 2.60. The summed E-state index contributed by atoms with van der Waals surface area (Å²) < 4.78 is 0. The summed E-state index contributed by atoms with van der Waals surface area (Å²) in [4.78, 5) is 2.55. The second-order valence-corrected chi connectivity index (χ2v) is 24.3. The van der Waals surface area contributed by atoms with Gasteiger partial charge in [0.1, 0.15) is 0 Å². The molecule has 1 atom stereocenters. The van der Waals surface area contributed by atoms with E-state index in [4.69, 9.17) is 0 Å². The summed E-state index contributed by atoms with van der Waals surface area (Å²) in [7, 11) is -2.75. The van der Waals surface area contributed by atoms with Gasteiger partial charge in [-0.25, -0.2) is 0 Å². The average Bonchev–Trinajstić information content (AvgIpc) is 3.84. The van der Waals surface area contributed by atoms with Gasteiger partial charge in [-0.1, -0.05) is 227 Å². The number of fused-ring (bicyclic) bond motifs is 7. The van der Waals surface area contributed by atoms with Crippen molar-refractivity contribution in [2.75, 3.05) is 4.90 Å². The number of benzene rings is 9. The molecule has 9 aromatic rings. The van der Waals surface area contributed by atoms with Gasteiger partial charge in [0.25, 0.3) is 0 Å². The topological polar surface area (TPSA) is 3.24 Å². The lowest BCUT2D eigenvalue weighted by Gasteiger charge is -2.32. The van der Waals surface area contributed by atoms with E-state index in [1.165, 1.54) is 125 Å². The third kappa shape index (κ3) is 6.71. The molecule has 69 heavy (non-hydrogen) atoms. The van der Waals surface area contributed by atoms with Gasteiger partial charge >= 0.3 is 0 Å². The SMILES string of the molecule is CC1(C)c2ccccc2-c2ccc(N(c3ccc(C4=CCC(C5CCCCC5)C=C4)cc3)c3ccc4ccccc4c3-c3ccc4c(c3)[Si](c3ccccc3)(c3ccccc3)c3ccccc3-4)cc21. The van der Waals surface area contributed by atoms with E-state index in [0.29, 0.717) is 5.92 Å². The Labute approximate surface area is 409 Å². The zero-order chi connectivity index (χ0) is 46.1. The van der Waals surface area contributed by atoms with Gasteiger partial charge in [-0.15, -0.1) is 0 Å². The molecule has 0 saturated heterocycles. The van der Waals surface area contributed by atoms with Crippen LogP contribution in [0.3, 0.4) is 0 Å². The molecule has 0 aromatic heterocycles. The Morgan fingerprint density at radius 2 is 1.12 bits per heavy atom. The first-order valence-corrected chi connectivity index (χ1v) is 27.4. The fraction of sp³-hybridized carbons (Fsp3) is 0.164. The van der Waals surface area contributed by atoms with E-state index < -0.39 is 8.07 Å². The largest absolute Gasteiger partial charge is 0.310 e. The van der Waals surface area contributed by atoms with Crippen LogP contribution in [0.2, 0.25) is 0 Å². The molecule has 0 radical (unpaired) electrons. The van der Waals surface area contributed by atoms with Gasteiger partial charge in [0.15, 0.2) is 8.07 Å². The highest BCUT2D eigenvalue weighted by Gasteiger charge is 2.48. The van der Waals surface area contributed by atoms with Crippen LogP contribution >= 0.6 is 0 Å². The van der Waals surface area contributed by atoms with Gasteiger partial charge < -0.3 is 4.90 Å². The van der Waals surface area contributed by atoms with Crippen molar-refractivity contribution in [2.45, 2.75) is 57.8 Å². The molecule has 2 heteroatoms. The van der Waals surface area contributed by atoms with Crippen molar-refractivity contribution in [3.63, 3.8) is 0 Å². The molecule has 13 rings (SSSR count). The molecule has 1 fully saturated rings. The van der Waals surface area contributed by atoms with Crippen molar-refractivity contribution < 1.29 is 0 Å². The average molecular weight is 904 g/mol. The van der Waals surface area contributed by atoms with Crippen molar-refractivity contribution in [1.29, 1.82) is 0 Å². The van der Waals surface area contributed by atoms with Gasteiger partial charge in [0, 0.05) is 22.4 Å². The van der Waals surface area contributed by atoms with Crippen LogP contribution < -0.4 is 25.6 Å². The maximum absolute atomic E-state index is 2.75. The molecule has 1 aliphatic heterocycles. The molecular weight excluding hydrogens is 847 g/mol. The number of nitrogens with zero attached hydrogens (tertiary/aromatic N) is 1. The summed E-state index contributed by atoms with van der Waals surface area (Å²) in [5, 5.41) is 8.21. The second-order valence-electron chi connectivity index (χ2n) is 20.6. The molecule has 1 saturated carbocycles. The summed E-state index contributed by atoms with van der Waals surface area (Å²) in [6.45, 7) is 4.79. The van der Waals surface area contributed by atoms with Crippen LogP contribution in [0.25, 0.3) is 49.7 Å². The van der Waals surface area contributed by atoms with Crippen LogP contribution in [0.5, 0.6) is 0 Å². The number of rotatable bonds is 8. The summed E-state index contributed by atoms with van der Waals surface area (Å²) in [6.07, 6.45) is 15.5. The standard InChI is InChI=1S/C67H57NSi/c1-67(2)61-28-16-14-26-57(61)58-42-40-53(45-62(58)67)68(52-38-34-49(35-39-52)48-32-30-47(31-33-48)46-18-6-3-7-19-46)63-43-37-50-20-12-13-25-56(50)66(63)51-36-41-60-59-27-15-17-29-64(59)69(65(60)44-51,54-21-8-4-9-22-54)55-23-10-5-11-24-55/h4-5,8-17,20-30,32-47H,3,6-7,18-19,31H2,1-2H3. The zero-order valence-corrected chi connectivity index (χ0v) is 40.7. The van der Waals surface area contributed by atoms with Gasteiger partial charge in [-0.3, -0.25) is 0 Å². The van der Waals surface area contributed by atoms with Crippen LogP contribution in [0.1, 0.15) is 69.1 Å². The fourth-order valence-electron chi connectivity index (χ4n) is 13.2. The van der Waals surface area contributed by atoms with Crippen molar-refractivity contribution in [2.24, 2.45) is 11.8 Å². The molecular formula is C67H57NSi. The minimum absolute atomic E-state index is 0.142. The minimum atomic E-state index is -2.75. The molecule has 1 unspecified atom stereocenters. The van der Waals surface area contributed by atoms with Crippen LogP contribution in [0.4, 0.5) is 17.1 Å².